The molecule has 0 saturated heterocycles. The third-order valence-corrected chi connectivity index (χ3v) is 2.21. The topological polar surface area (TPSA) is 98.9 Å². The minimum Gasteiger partial charge on any atom is -0.477 e. The third-order valence-electron chi connectivity index (χ3n) is 2.21. The van der Waals surface area contributed by atoms with Gasteiger partial charge in [0, 0.05) is 19.9 Å². The maximum Gasteiger partial charge on any atom is 0.346 e. The Hall–Kier alpha value is -2.31. The van der Waals surface area contributed by atoms with E-state index in [1.807, 2.05) is 0 Å². The fraction of sp³-hybridized carbons (Fsp3) is 0.300. The van der Waals surface area contributed by atoms with Crippen LogP contribution >= 0.6 is 0 Å². The van der Waals surface area contributed by atoms with Crippen molar-refractivity contribution in [2.45, 2.75) is 19.6 Å². The Morgan fingerprint density at radius 1 is 1.41 bits per heavy atom. The van der Waals surface area contributed by atoms with E-state index in [4.69, 9.17) is 14.6 Å². The number of nitro groups is 1. The maximum absolute atomic E-state index is 11.1. The summed E-state index contributed by atoms with van der Waals surface area (Å²) in [7, 11) is 0. The minimum absolute atomic E-state index is 0.100. The van der Waals surface area contributed by atoms with E-state index in [2.05, 4.69) is 0 Å². The average Bonchev–Trinajstić information content (AvgIpc) is 2.48. The first kappa shape index (κ1) is 11.2. The summed E-state index contributed by atoms with van der Waals surface area (Å²) in [6.45, 7) is 3.18. The van der Waals surface area contributed by atoms with Crippen LogP contribution in [0.2, 0.25) is 0 Å². The molecule has 0 aromatic heterocycles. The molecule has 1 aromatic rings. The Balaban J connectivity index is 2.66. The number of ether oxygens (including phenoxy) is 2. The Morgan fingerprint density at radius 2 is 2.06 bits per heavy atom. The van der Waals surface area contributed by atoms with E-state index in [9.17, 15) is 14.9 Å². The van der Waals surface area contributed by atoms with Crippen molar-refractivity contribution in [1.29, 1.82) is 0 Å². The van der Waals surface area contributed by atoms with E-state index >= 15 is 0 Å². The molecule has 7 heteroatoms. The largest absolute Gasteiger partial charge is 0.477 e. The van der Waals surface area contributed by atoms with Gasteiger partial charge in [0.05, 0.1) is 4.92 Å². The molecule has 0 unspecified atom stereocenters. The molecule has 1 N–H and O–H groups in total. The Labute approximate surface area is 95.7 Å². The van der Waals surface area contributed by atoms with Crippen molar-refractivity contribution in [3.05, 3.63) is 27.8 Å². The molecule has 0 spiro atoms. The van der Waals surface area contributed by atoms with Gasteiger partial charge in [-0.25, -0.2) is 4.79 Å². The summed E-state index contributed by atoms with van der Waals surface area (Å²) in [4.78, 5) is 21.0. The summed E-state index contributed by atoms with van der Waals surface area (Å²) in [5, 5.41) is 19.7. The Kier molecular flexibility index (Phi) is 2.20. The van der Waals surface area contributed by atoms with Crippen molar-refractivity contribution in [1.82, 2.24) is 0 Å². The van der Waals surface area contributed by atoms with Crippen LogP contribution in [0.5, 0.6) is 11.5 Å². The van der Waals surface area contributed by atoms with Crippen molar-refractivity contribution in [3.8, 4) is 11.5 Å². The van der Waals surface area contributed by atoms with Crippen molar-refractivity contribution in [2.24, 2.45) is 0 Å². The van der Waals surface area contributed by atoms with Gasteiger partial charge in [0.15, 0.2) is 17.1 Å². The van der Waals surface area contributed by atoms with Crippen LogP contribution in [0.25, 0.3) is 0 Å². The Morgan fingerprint density at radius 3 is 2.59 bits per heavy atom. The summed E-state index contributed by atoms with van der Waals surface area (Å²) >= 11 is 0. The fourth-order valence-electron chi connectivity index (χ4n) is 1.63. The molecule has 0 fully saturated rings. The first-order valence-corrected chi connectivity index (χ1v) is 4.74. The quantitative estimate of drug-likeness (QED) is 0.624. The van der Waals surface area contributed by atoms with Crippen LogP contribution in [0.15, 0.2) is 12.1 Å². The highest BCUT2D eigenvalue weighted by Crippen LogP contribution is 2.45. The van der Waals surface area contributed by atoms with Gasteiger partial charge in [-0.3, -0.25) is 10.1 Å². The monoisotopic (exact) mass is 239 g/mol. The molecule has 0 bridgehead atoms. The van der Waals surface area contributed by atoms with E-state index in [1.165, 1.54) is 6.07 Å². The summed E-state index contributed by atoms with van der Waals surface area (Å²) in [6, 6.07) is 2.42. The zero-order valence-corrected chi connectivity index (χ0v) is 9.09. The van der Waals surface area contributed by atoms with E-state index in [0.717, 1.165) is 6.07 Å². The number of aromatic carboxylic acids is 1. The minimum atomic E-state index is -1.42. The first-order chi connectivity index (χ1) is 7.82. The molecule has 0 aliphatic carbocycles. The first-order valence-electron chi connectivity index (χ1n) is 4.74. The number of hydrogen-bond donors (Lipinski definition) is 1. The van der Waals surface area contributed by atoms with Crippen LogP contribution in [-0.2, 0) is 0 Å². The maximum atomic E-state index is 11.1. The lowest BCUT2D eigenvalue weighted by Crippen LogP contribution is -2.30. The lowest BCUT2D eigenvalue weighted by atomic mass is 10.1. The number of benzene rings is 1. The molecule has 0 atom stereocenters. The molecule has 0 radical (unpaired) electrons. The number of carboxylic acid groups (broad SMARTS) is 1. The van der Waals surface area contributed by atoms with Gasteiger partial charge < -0.3 is 14.6 Å². The molecule has 90 valence electrons. The molecule has 2 rings (SSSR count). The molecule has 1 aromatic carbocycles. The molecule has 1 heterocycles. The molecule has 0 amide bonds. The second-order valence-electron chi connectivity index (χ2n) is 3.95. The number of fused-ring (bicyclic) bond motifs is 1. The van der Waals surface area contributed by atoms with E-state index in [1.54, 1.807) is 13.8 Å². The average molecular weight is 239 g/mol. The van der Waals surface area contributed by atoms with E-state index in [-0.39, 0.29) is 11.5 Å². The predicted molar refractivity (Wildman–Crippen MR) is 55.4 cm³/mol. The molecular formula is C10H9NO6. The van der Waals surface area contributed by atoms with Gasteiger partial charge >= 0.3 is 5.97 Å². The second kappa shape index (κ2) is 3.34. The number of nitrogens with zero attached hydrogens (tertiary/aromatic N) is 1. The van der Waals surface area contributed by atoms with Crippen molar-refractivity contribution in [2.75, 3.05) is 0 Å². The summed E-state index contributed by atoms with van der Waals surface area (Å²) in [5.41, 5.74) is -1.00. The molecule has 7 nitrogen and oxygen atoms in total. The van der Waals surface area contributed by atoms with E-state index in [0.29, 0.717) is 0 Å². The number of carbonyl (C=O) groups is 1. The van der Waals surface area contributed by atoms with Crippen LogP contribution in [0.3, 0.4) is 0 Å². The van der Waals surface area contributed by atoms with Gasteiger partial charge in [-0.05, 0) is 6.07 Å². The molecule has 1 aliphatic heterocycles. The van der Waals surface area contributed by atoms with Crippen LogP contribution < -0.4 is 9.47 Å². The summed E-state index contributed by atoms with van der Waals surface area (Å²) in [5.74, 6) is -2.36. The van der Waals surface area contributed by atoms with Gasteiger partial charge in [-0.15, -0.1) is 0 Å². The zero-order chi connectivity index (χ0) is 12.8. The lowest BCUT2D eigenvalue weighted by Gasteiger charge is -2.16. The van der Waals surface area contributed by atoms with Gasteiger partial charge in [-0.1, -0.05) is 0 Å². The molecule has 0 saturated carbocycles. The smallest absolute Gasteiger partial charge is 0.346 e. The zero-order valence-electron chi connectivity index (χ0n) is 9.09. The van der Waals surface area contributed by atoms with Crippen LogP contribution in [0.1, 0.15) is 24.2 Å². The summed E-state index contributed by atoms with van der Waals surface area (Å²) < 4.78 is 10.6. The van der Waals surface area contributed by atoms with Gasteiger partial charge in [0.25, 0.3) is 5.69 Å². The number of nitro benzene ring substituents is 1. The molecule has 1 aliphatic rings. The molecular weight excluding hydrogens is 230 g/mol. The van der Waals surface area contributed by atoms with E-state index < -0.39 is 27.9 Å². The standard InChI is InChI=1S/C10H9NO6/c1-10(2)16-6-4-3-5(11(14)15)7(9(12)13)8(6)17-10/h3-4H,1-2H3,(H,12,13). The van der Waals surface area contributed by atoms with Gasteiger partial charge in [-0.2, -0.15) is 0 Å². The summed E-state index contributed by atoms with van der Waals surface area (Å²) in [6.07, 6.45) is 0. The number of carboxylic acids is 1. The molecule has 17 heavy (non-hydrogen) atoms. The van der Waals surface area contributed by atoms with Crippen molar-refractivity contribution < 1.29 is 24.3 Å². The number of rotatable bonds is 2. The second-order valence-corrected chi connectivity index (χ2v) is 3.95. The highest BCUT2D eigenvalue weighted by atomic mass is 16.7. The van der Waals surface area contributed by atoms with Gasteiger partial charge in [0.2, 0.25) is 5.79 Å². The third kappa shape index (κ3) is 1.75. The van der Waals surface area contributed by atoms with Crippen LogP contribution in [0, 0.1) is 10.1 Å². The van der Waals surface area contributed by atoms with Crippen LogP contribution in [0.4, 0.5) is 5.69 Å². The highest BCUT2D eigenvalue weighted by Gasteiger charge is 2.39. The van der Waals surface area contributed by atoms with Gasteiger partial charge in [0.1, 0.15) is 0 Å². The highest BCUT2D eigenvalue weighted by molar-refractivity contribution is 5.97. The van der Waals surface area contributed by atoms with Crippen molar-refractivity contribution >= 4 is 11.7 Å². The van der Waals surface area contributed by atoms with Crippen LogP contribution in [-0.4, -0.2) is 21.8 Å². The van der Waals surface area contributed by atoms with Crippen molar-refractivity contribution in [3.63, 3.8) is 0 Å². The Bertz CT molecular complexity index is 522. The normalized spacial score (nSPS) is 15.6. The lowest BCUT2D eigenvalue weighted by molar-refractivity contribution is -0.385. The SMILES string of the molecule is CC1(C)Oc2ccc([N+](=O)[O-])c(C(=O)O)c2O1. The predicted octanol–water partition coefficient (Wildman–Crippen LogP) is 1.80. The fourth-order valence-corrected chi connectivity index (χ4v) is 1.63. The number of hydrogen-bond acceptors (Lipinski definition) is 5.